The molecule has 0 fully saturated rings. The van der Waals surface area contributed by atoms with Gasteiger partial charge in [-0.15, -0.1) is 5.10 Å². The third-order valence-corrected chi connectivity index (χ3v) is 2.14. The van der Waals surface area contributed by atoms with Crippen LogP contribution in [0.1, 0.15) is 12.2 Å². The minimum Gasteiger partial charge on any atom is -0.356 e. The summed E-state index contributed by atoms with van der Waals surface area (Å²) in [5, 5.41) is 7.22. The molecular weight excluding hydrogens is 206 g/mol. The first kappa shape index (κ1) is 11.0. The molecule has 14 heavy (non-hydrogen) atoms. The highest BCUT2D eigenvalue weighted by Gasteiger charge is 2.05. The number of aryl methyl sites for hydroxylation is 1. The second kappa shape index (κ2) is 5.58. The molecule has 0 aliphatic rings. The number of aromatic amines is 1. The van der Waals surface area contributed by atoms with E-state index in [9.17, 15) is 4.79 Å². The summed E-state index contributed by atoms with van der Waals surface area (Å²) in [6, 6.07) is 0. The van der Waals surface area contributed by atoms with Gasteiger partial charge in [0.2, 0.25) is 5.16 Å². The van der Waals surface area contributed by atoms with Gasteiger partial charge in [0.1, 0.15) is 5.82 Å². The molecule has 1 rings (SSSR count). The molecule has 0 atom stereocenters. The van der Waals surface area contributed by atoms with Gasteiger partial charge in [0.05, 0.1) is 6.42 Å². The zero-order chi connectivity index (χ0) is 10.4. The molecule has 1 aromatic heterocycles. The normalized spacial score (nSPS) is 10.1. The Morgan fingerprint density at radius 2 is 2.57 bits per heavy atom. The predicted octanol–water partition coefficient (Wildman–Crippen LogP) is -0.483. The Morgan fingerprint density at radius 1 is 1.79 bits per heavy atom. The Bertz CT molecular complexity index is 302. The van der Waals surface area contributed by atoms with E-state index in [1.54, 1.807) is 0 Å². The summed E-state index contributed by atoms with van der Waals surface area (Å²) in [6.07, 6.45) is 0.252. The number of aromatic nitrogens is 3. The molecule has 7 nitrogen and oxygen atoms in total. The zero-order valence-corrected chi connectivity index (χ0v) is 8.43. The summed E-state index contributed by atoms with van der Waals surface area (Å²) >= 11 is 1.37. The highest BCUT2D eigenvalue weighted by atomic mass is 32.2. The Hall–Kier alpha value is -1.12. The first-order valence-electron chi connectivity index (χ1n) is 3.89. The Balaban J connectivity index is 2.18. The molecule has 0 aliphatic heterocycles. The van der Waals surface area contributed by atoms with Crippen LogP contribution in [0.15, 0.2) is 5.16 Å². The number of nitrogens with one attached hydrogen (secondary N) is 2. The van der Waals surface area contributed by atoms with Crippen LogP contribution in [0.2, 0.25) is 0 Å². The van der Waals surface area contributed by atoms with E-state index in [0.717, 1.165) is 5.82 Å². The zero-order valence-electron chi connectivity index (χ0n) is 7.61. The molecule has 0 amide bonds. The quantitative estimate of drug-likeness (QED) is 0.347. The number of carbonyl (C=O) groups is 1. The average molecular weight is 217 g/mol. The third-order valence-electron chi connectivity index (χ3n) is 1.29. The minimum absolute atomic E-state index is 0.252. The molecule has 0 saturated heterocycles. The fourth-order valence-electron chi connectivity index (χ4n) is 0.729. The molecular formula is C6H11N5O2S. The van der Waals surface area contributed by atoms with E-state index in [1.807, 2.05) is 12.5 Å². The van der Waals surface area contributed by atoms with Gasteiger partial charge in [0, 0.05) is 5.75 Å². The number of hydrogen-bond acceptors (Lipinski definition) is 7. The average Bonchev–Trinajstić information content (AvgIpc) is 2.52. The van der Waals surface area contributed by atoms with Crippen LogP contribution < -0.4 is 11.4 Å². The van der Waals surface area contributed by atoms with Crippen molar-refractivity contribution in [1.82, 2.24) is 20.8 Å². The van der Waals surface area contributed by atoms with Crippen LogP contribution >= 0.6 is 11.8 Å². The number of hydrazine groups is 1. The van der Waals surface area contributed by atoms with Gasteiger partial charge < -0.3 is 4.84 Å². The van der Waals surface area contributed by atoms with Gasteiger partial charge in [0.15, 0.2) is 0 Å². The van der Waals surface area contributed by atoms with Gasteiger partial charge in [0.25, 0.3) is 0 Å². The lowest BCUT2D eigenvalue weighted by atomic mass is 10.5. The van der Waals surface area contributed by atoms with Gasteiger partial charge in [-0.3, -0.25) is 9.89 Å². The van der Waals surface area contributed by atoms with Crippen molar-refractivity contribution >= 4 is 17.7 Å². The number of nitrogens with two attached hydrogens (primary N) is 1. The SMILES string of the molecule is Cc1nc(SCCC(=O)ONN)n[nH]1. The van der Waals surface area contributed by atoms with E-state index in [2.05, 4.69) is 20.0 Å². The first-order valence-corrected chi connectivity index (χ1v) is 4.88. The highest BCUT2D eigenvalue weighted by molar-refractivity contribution is 7.99. The van der Waals surface area contributed by atoms with Crippen molar-refractivity contribution in [1.29, 1.82) is 0 Å². The minimum atomic E-state index is -0.410. The molecule has 1 aromatic rings. The largest absolute Gasteiger partial charge is 0.356 e. The van der Waals surface area contributed by atoms with Crippen molar-refractivity contribution in [3.8, 4) is 0 Å². The lowest BCUT2D eigenvalue weighted by Crippen LogP contribution is -2.26. The van der Waals surface area contributed by atoms with E-state index in [1.165, 1.54) is 11.8 Å². The topological polar surface area (TPSA) is 106 Å². The third kappa shape index (κ3) is 3.73. The standard InChI is InChI=1S/C6H11N5O2S/c1-4-8-6(10-9-4)14-3-2-5(12)13-11-7/h11H,2-3,7H2,1H3,(H,8,9,10). The van der Waals surface area contributed by atoms with Gasteiger partial charge in [-0.05, 0) is 6.92 Å². The van der Waals surface area contributed by atoms with Crippen molar-refractivity contribution in [2.75, 3.05) is 5.75 Å². The lowest BCUT2D eigenvalue weighted by Gasteiger charge is -1.98. The number of H-pyrrole nitrogens is 1. The molecule has 0 aliphatic carbocycles. The molecule has 0 aromatic carbocycles. The van der Waals surface area contributed by atoms with E-state index in [0.29, 0.717) is 10.9 Å². The first-order chi connectivity index (χ1) is 6.72. The lowest BCUT2D eigenvalue weighted by molar-refractivity contribution is -0.150. The summed E-state index contributed by atoms with van der Waals surface area (Å²) in [6.45, 7) is 1.81. The van der Waals surface area contributed by atoms with Crippen molar-refractivity contribution in [2.24, 2.45) is 5.84 Å². The van der Waals surface area contributed by atoms with Crippen LogP contribution in [0.3, 0.4) is 0 Å². The van der Waals surface area contributed by atoms with E-state index in [-0.39, 0.29) is 6.42 Å². The molecule has 1 heterocycles. The molecule has 4 N–H and O–H groups in total. The van der Waals surface area contributed by atoms with Crippen LogP contribution in [0.5, 0.6) is 0 Å². The van der Waals surface area contributed by atoms with Crippen LogP contribution in [0.25, 0.3) is 0 Å². The number of carbonyl (C=O) groups excluding carboxylic acids is 1. The number of hydrogen-bond donors (Lipinski definition) is 3. The molecule has 78 valence electrons. The number of nitrogens with zero attached hydrogens (tertiary/aromatic N) is 2. The van der Waals surface area contributed by atoms with Crippen molar-refractivity contribution in [2.45, 2.75) is 18.5 Å². The Morgan fingerprint density at radius 3 is 3.14 bits per heavy atom. The number of thioether (sulfide) groups is 1. The van der Waals surface area contributed by atoms with Crippen molar-refractivity contribution in [3.05, 3.63) is 5.82 Å². The highest BCUT2D eigenvalue weighted by Crippen LogP contribution is 2.12. The van der Waals surface area contributed by atoms with Crippen LogP contribution in [-0.4, -0.2) is 26.9 Å². The maximum absolute atomic E-state index is 10.8. The summed E-state index contributed by atoms with van der Waals surface area (Å²) in [7, 11) is 0. The summed E-state index contributed by atoms with van der Waals surface area (Å²) in [4.78, 5) is 19.2. The van der Waals surface area contributed by atoms with Crippen LogP contribution in [0, 0.1) is 6.92 Å². The maximum atomic E-state index is 10.8. The number of rotatable bonds is 5. The fourth-order valence-corrected chi connectivity index (χ4v) is 1.49. The predicted molar refractivity (Wildman–Crippen MR) is 49.9 cm³/mol. The summed E-state index contributed by atoms with van der Waals surface area (Å²) < 4.78 is 0. The maximum Gasteiger partial charge on any atom is 0.327 e. The smallest absolute Gasteiger partial charge is 0.327 e. The monoisotopic (exact) mass is 217 g/mol. The van der Waals surface area contributed by atoms with Crippen LogP contribution in [-0.2, 0) is 9.63 Å². The van der Waals surface area contributed by atoms with Crippen molar-refractivity contribution < 1.29 is 9.63 Å². The van der Waals surface area contributed by atoms with Gasteiger partial charge in [-0.2, -0.15) is 0 Å². The molecule has 0 saturated carbocycles. The van der Waals surface area contributed by atoms with E-state index in [4.69, 9.17) is 5.84 Å². The molecule has 0 radical (unpaired) electrons. The molecule has 0 unspecified atom stereocenters. The summed E-state index contributed by atoms with van der Waals surface area (Å²) in [5.41, 5.74) is 1.82. The fraction of sp³-hybridized carbons (Fsp3) is 0.500. The Labute approximate surface area is 84.7 Å². The summed E-state index contributed by atoms with van der Waals surface area (Å²) in [5.74, 6) is 5.68. The van der Waals surface area contributed by atoms with Crippen LogP contribution in [0.4, 0.5) is 0 Å². The molecule has 0 spiro atoms. The molecule has 0 bridgehead atoms. The van der Waals surface area contributed by atoms with Gasteiger partial charge in [-0.1, -0.05) is 17.4 Å². The second-order valence-electron chi connectivity index (χ2n) is 2.39. The second-order valence-corrected chi connectivity index (χ2v) is 3.46. The van der Waals surface area contributed by atoms with E-state index >= 15 is 0 Å². The Kier molecular flexibility index (Phi) is 4.36. The van der Waals surface area contributed by atoms with Gasteiger partial charge >= 0.3 is 5.97 Å². The van der Waals surface area contributed by atoms with E-state index < -0.39 is 5.97 Å². The van der Waals surface area contributed by atoms with Gasteiger partial charge in [-0.25, -0.2) is 10.8 Å². The van der Waals surface area contributed by atoms with Crippen molar-refractivity contribution in [3.63, 3.8) is 0 Å². The molecule has 8 heteroatoms.